The van der Waals surface area contributed by atoms with Gasteiger partial charge in [-0.1, -0.05) is 37.3 Å². The largest absolute Gasteiger partial charge is 0.348 e. The van der Waals surface area contributed by atoms with Crippen LogP contribution in [0, 0.1) is 0 Å². The van der Waals surface area contributed by atoms with Gasteiger partial charge in [0.1, 0.15) is 0 Å². The molecular weight excluding hydrogens is 338 g/mol. The fourth-order valence-corrected chi connectivity index (χ4v) is 3.41. The number of fused-ring (bicyclic) bond motifs is 2. The molecule has 5 nitrogen and oxygen atoms in total. The van der Waals surface area contributed by atoms with E-state index in [1.165, 1.54) is 0 Å². The van der Waals surface area contributed by atoms with E-state index >= 15 is 0 Å². The van der Waals surface area contributed by atoms with Crippen LogP contribution >= 0.6 is 0 Å². The first kappa shape index (κ1) is 17.0. The first-order valence-electron chi connectivity index (χ1n) is 8.85. The van der Waals surface area contributed by atoms with E-state index in [9.17, 15) is 9.59 Å². The van der Waals surface area contributed by atoms with Gasteiger partial charge in [0.25, 0.3) is 11.8 Å². The number of carbonyl (C=O) groups excluding carboxylic acids is 2. The zero-order valence-electron chi connectivity index (χ0n) is 14.9. The Morgan fingerprint density at radius 1 is 1.11 bits per heavy atom. The van der Waals surface area contributed by atoms with Crippen LogP contribution in [0.2, 0.25) is 0 Å². The monoisotopic (exact) mass is 357 g/mol. The van der Waals surface area contributed by atoms with Gasteiger partial charge < -0.3 is 10.6 Å². The standard InChI is InChI=1S/C22H19N3O2/c1-14-17-6-2-3-7-19(17)22(27)25-20-11-16(8-9-18(14)20)21(26)24-13-15-5-4-10-23-12-15/h2-12,14H,13H2,1H3,(H,24,26)(H,25,27). The third-order valence-electron chi connectivity index (χ3n) is 4.88. The third kappa shape index (κ3) is 3.31. The summed E-state index contributed by atoms with van der Waals surface area (Å²) in [5, 5.41) is 5.83. The third-order valence-corrected chi connectivity index (χ3v) is 4.88. The Morgan fingerprint density at radius 2 is 1.96 bits per heavy atom. The summed E-state index contributed by atoms with van der Waals surface area (Å²) in [4.78, 5) is 29.2. The van der Waals surface area contributed by atoms with E-state index < -0.39 is 0 Å². The summed E-state index contributed by atoms with van der Waals surface area (Å²) in [6, 6.07) is 16.8. The first-order chi connectivity index (χ1) is 13.1. The molecule has 0 saturated carbocycles. The molecule has 2 N–H and O–H groups in total. The maximum absolute atomic E-state index is 12.6. The Morgan fingerprint density at radius 3 is 2.78 bits per heavy atom. The van der Waals surface area contributed by atoms with Gasteiger partial charge in [0.05, 0.1) is 0 Å². The summed E-state index contributed by atoms with van der Waals surface area (Å²) in [5.41, 5.74) is 4.77. The van der Waals surface area contributed by atoms with Crippen molar-refractivity contribution < 1.29 is 9.59 Å². The normalized spacial score (nSPS) is 15.1. The maximum Gasteiger partial charge on any atom is 0.255 e. The number of benzene rings is 2. The van der Waals surface area contributed by atoms with Crippen molar-refractivity contribution in [3.05, 3.63) is 94.8 Å². The predicted octanol–water partition coefficient (Wildman–Crippen LogP) is 3.73. The molecule has 0 saturated heterocycles. The van der Waals surface area contributed by atoms with E-state index in [-0.39, 0.29) is 17.7 Å². The van der Waals surface area contributed by atoms with Crippen molar-refractivity contribution >= 4 is 17.5 Å². The highest BCUT2D eigenvalue weighted by Crippen LogP contribution is 2.35. The number of aromatic nitrogens is 1. The van der Waals surface area contributed by atoms with Crippen LogP contribution in [0.15, 0.2) is 67.0 Å². The van der Waals surface area contributed by atoms with Crippen molar-refractivity contribution in [3.8, 4) is 0 Å². The van der Waals surface area contributed by atoms with Crippen molar-refractivity contribution in [2.24, 2.45) is 0 Å². The highest BCUT2D eigenvalue weighted by molar-refractivity contribution is 6.08. The summed E-state index contributed by atoms with van der Waals surface area (Å²) in [5.74, 6) is -0.280. The van der Waals surface area contributed by atoms with Crippen LogP contribution in [-0.4, -0.2) is 16.8 Å². The van der Waals surface area contributed by atoms with E-state index in [1.807, 2.05) is 42.5 Å². The summed E-state index contributed by atoms with van der Waals surface area (Å²) in [6.07, 6.45) is 3.41. The van der Waals surface area contributed by atoms with Gasteiger partial charge in [0.15, 0.2) is 0 Å². The van der Waals surface area contributed by atoms with Crippen molar-refractivity contribution in [2.75, 3.05) is 5.32 Å². The van der Waals surface area contributed by atoms with Gasteiger partial charge in [0.2, 0.25) is 0 Å². The van der Waals surface area contributed by atoms with Crippen LogP contribution in [0.3, 0.4) is 0 Å². The lowest BCUT2D eigenvalue weighted by Crippen LogP contribution is -2.23. The van der Waals surface area contributed by atoms with E-state index in [4.69, 9.17) is 0 Å². The summed E-state index contributed by atoms with van der Waals surface area (Å²) in [6.45, 7) is 2.47. The molecule has 134 valence electrons. The molecular formula is C22H19N3O2. The number of hydrogen-bond donors (Lipinski definition) is 2. The number of rotatable bonds is 3. The summed E-state index contributed by atoms with van der Waals surface area (Å²) >= 11 is 0. The molecule has 1 aliphatic rings. The molecule has 2 aromatic carbocycles. The number of pyridine rings is 1. The molecule has 0 spiro atoms. The van der Waals surface area contributed by atoms with Gasteiger partial charge in [-0.3, -0.25) is 14.6 Å². The molecule has 4 rings (SSSR count). The number of nitrogens with zero attached hydrogens (tertiary/aromatic N) is 1. The molecule has 1 aliphatic heterocycles. The number of carbonyl (C=O) groups is 2. The van der Waals surface area contributed by atoms with Crippen molar-refractivity contribution in [2.45, 2.75) is 19.4 Å². The van der Waals surface area contributed by atoms with Gasteiger partial charge in [-0.05, 0) is 41.0 Å². The smallest absolute Gasteiger partial charge is 0.255 e. The minimum atomic E-state index is -0.190. The number of anilines is 1. The van der Waals surface area contributed by atoms with E-state index in [0.717, 1.165) is 16.7 Å². The molecule has 3 aromatic rings. The van der Waals surface area contributed by atoms with Crippen molar-refractivity contribution in [1.29, 1.82) is 0 Å². The van der Waals surface area contributed by atoms with Crippen LogP contribution in [-0.2, 0) is 6.54 Å². The molecule has 27 heavy (non-hydrogen) atoms. The lowest BCUT2D eigenvalue weighted by atomic mass is 9.89. The van der Waals surface area contributed by atoms with Crippen molar-refractivity contribution in [3.63, 3.8) is 0 Å². The Kier molecular flexibility index (Phi) is 4.42. The molecule has 2 heterocycles. The fourth-order valence-electron chi connectivity index (χ4n) is 3.41. The minimum Gasteiger partial charge on any atom is -0.348 e. The highest BCUT2D eigenvalue weighted by Gasteiger charge is 2.25. The Hall–Kier alpha value is -3.47. The molecule has 5 heteroatoms. The molecule has 0 radical (unpaired) electrons. The van der Waals surface area contributed by atoms with Gasteiger partial charge in [-0.25, -0.2) is 0 Å². The molecule has 1 aromatic heterocycles. The van der Waals surface area contributed by atoms with Crippen LogP contribution in [0.5, 0.6) is 0 Å². The van der Waals surface area contributed by atoms with Gasteiger partial charge >= 0.3 is 0 Å². The number of hydrogen-bond acceptors (Lipinski definition) is 3. The molecule has 0 aliphatic carbocycles. The van der Waals surface area contributed by atoms with Crippen molar-refractivity contribution in [1.82, 2.24) is 10.3 Å². The molecule has 1 atom stereocenters. The number of nitrogens with one attached hydrogen (secondary N) is 2. The topological polar surface area (TPSA) is 71.1 Å². The number of amides is 2. The average molecular weight is 357 g/mol. The lowest BCUT2D eigenvalue weighted by Gasteiger charge is -2.15. The lowest BCUT2D eigenvalue weighted by molar-refractivity contribution is 0.0949. The first-order valence-corrected chi connectivity index (χ1v) is 8.85. The van der Waals surface area contributed by atoms with Crippen LogP contribution in [0.25, 0.3) is 0 Å². The molecule has 2 amide bonds. The Balaban J connectivity index is 1.60. The van der Waals surface area contributed by atoms with Gasteiger partial charge in [-0.15, -0.1) is 0 Å². The average Bonchev–Trinajstić information content (AvgIpc) is 2.82. The van der Waals surface area contributed by atoms with Gasteiger partial charge in [0, 0.05) is 41.7 Å². The zero-order valence-corrected chi connectivity index (χ0v) is 14.9. The van der Waals surface area contributed by atoms with E-state index in [2.05, 4.69) is 22.5 Å². The molecule has 1 unspecified atom stereocenters. The summed E-state index contributed by atoms with van der Waals surface area (Å²) < 4.78 is 0. The van der Waals surface area contributed by atoms with Gasteiger partial charge in [-0.2, -0.15) is 0 Å². The minimum absolute atomic E-state index is 0.0580. The SMILES string of the molecule is CC1c2ccc(C(=O)NCc3cccnc3)cc2NC(=O)c2ccccc21. The second kappa shape index (κ2) is 7.03. The second-order valence-electron chi connectivity index (χ2n) is 6.61. The second-order valence-corrected chi connectivity index (χ2v) is 6.61. The predicted molar refractivity (Wildman–Crippen MR) is 104 cm³/mol. The maximum atomic E-state index is 12.6. The Labute approximate surface area is 157 Å². The van der Waals surface area contributed by atoms with E-state index in [0.29, 0.717) is 23.4 Å². The quantitative estimate of drug-likeness (QED) is 0.750. The summed E-state index contributed by atoms with van der Waals surface area (Å²) in [7, 11) is 0. The van der Waals surface area contributed by atoms with Crippen LogP contribution in [0.4, 0.5) is 5.69 Å². The zero-order chi connectivity index (χ0) is 18.8. The molecule has 0 fully saturated rings. The highest BCUT2D eigenvalue weighted by atomic mass is 16.2. The van der Waals surface area contributed by atoms with E-state index in [1.54, 1.807) is 24.5 Å². The van der Waals surface area contributed by atoms with Crippen LogP contribution < -0.4 is 10.6 Å². The fraction of sp³-hybridized carbons (Fsp3) is 0.136. The van der Waals surface area contributed by atoms with Crippen LogP contribution in [0.1, 0.15) is 50.2 Å². The Bertz CT molecular complexity index is 1020. The molecule has 0 bridgehead atoms.